The van der Waals surface area contributed by atoms with E-state index < -0.39 is 0 Å². The molecule has 0 spiro atoms. The van der Waals surface area contributed by atoms with Crippen molar-refractivity contribution in [3.63, 3.8) is 0 Å². The topological polar surface area (TPSA) is 83.0 Å². The number of nitrogens with zero attached hydrogens (tertiary/aromatic N) is 1. The van der Waals surface area contributed by atoms with Crippen LogP contribution in [0.5, 0.6) is 5.75 Å². The van der Waals surface area contributed by atoms with Crippen LogP contribution in [0.3, 0.4) is 0 Å². The molecule has 58 valence electrons. The Kier molecular flexibility index (Phi) is 2.06. The van der Waals surface area contributed by atoms with Crippen molar-refractivity contribution in [3.05, 3.63) is 24.0 Å². The van der Waals surface area contributed by atoms with Gasteiger partial charge in [0.1, 0.15) is 5.75 Å². The standard InChI is InChI=1S/C7H9N3O/c8-7(9)4-5-6(11)2-1-3-10-5/h1-3,11H,4H2,(H3,8,9). The van der Waals surface area contributed by atoms with Crippen LogP contribution in [0.2, 0.25) is 0 Å². The van der Waals surface area contributed by atoms with Crippen molar-refractivity contribution >= 4 is 5.84 Å². The molecule has 0 radical (unpaired) electrons. The molecule has 0 fully saturated rings. The van der Waals surface area contributed by atoms with Crippen LogP contribution in [-0.4, -0.2) is 15.9 Å². The highest BCUT2D eigenvalue weighted by molar-refractivity contribution is 5.79. The van der Waals surface area contributed by atoms with E-state index in [0.29, 0.717) is 5.69 Å². The molecule has 0 unspecified atom stereocenters. The molecule has 0 saturated heterocycles. The highest BCUT2D eigenvalue weighted by Crippen LogP contribution is 2.12. The van der Waals surface area contributed by atoms with Gasteiger partial charge in [0, 0.05) is 6.20 Å². The fourth-order valence-electron chi connectivity index (χ4n) is 0.746. The lowest BCUT2D eigenvalue weighted by Crippen LogP contribution is -2.13. The highest BCUT2D eigenvalue weighted by atomic mass is 16.3. The van der Waals surface area contributed by atoms with Crippen LogP contribution in [0.1, 0.15) is 5.69 Å². The summed E-state index contributed by atoms with van der Waals surface area (Å²) < 4.78 is 0. The van der Waals surface area contributed by atoms with E-state index in [1.165, 1.54) is 6.07 Å². The van der Waals surface area contributed by atoms with Gasteiger partial charge >= 0.3 is 0 Å². The summed E-state index contributed by atoms with van der Waals surface area (Å²) in [6.45, 7) is 0. The number of hydrogen-bond donors (Lipinski definition) is 3. The molecular weight excluding hydrogens is 142 g/mol. The predicted octanol–water partition coefficient (Wildman–Crippen LogP) is 0.266. The maximum absolute atomic E-state index is 9.14. The van der Waals surface area contributed by atoms with Gasteiger partial charge < -0.3 is 10.8 Å². The summed E-state index contributed by atoms with van der Waals surface area (Å²) in [4.78, 5) is 3.85. The van der Waals surface area contributed by atoms with Crippen LogP contribution in [0, 0.1) is 5.41 Å². The van der Waals surface area contributed by atoms with E-state index in [2.05, 4.69) is 4.98 Å². The summed E-state index contributed by atoms with van der Waals surface area (Å²) in [5.74, 6) is 0.0849. The van der Waals surface area contributed by atoms with Crippen molar-refractivity contribution in [2.75, 3.05) is 0 Å². The summed E-state index contributed by atoms with van der Waals surface area (Å²) >= 11 is 0. The zero-order valence-corrected chi connectivity index (χ0v) is 5.91. The number of aromatic nitrogens is 1. The second-order valence-electron chi connectivity index (χ2n) is 2.17. The Labute approximate surface area is 64.2 Å². The number of hydrogen-bond acceptors (Lipinski definition) is 3. The lowest BCUT2D eigenvalue weighted by Gasteiger charge is -1.99. The van der Waals surface area contributed by atoms with Crippen molar-refractivity contribution in [1.82, 2.24) is 4.98 Å². The molecule has 1 rings (SSSR count). The zero-order chi connectivity index (χ0) is 8.27. The van der Waals surface area contributed by atoms with Gasteiger partial charge in [-0.25, -0.2) is 0 Å². The van der Waals surface area contributed by atoms with Crippen LogP contribution < -0.4 is 5.73 Å². The van der Waals surface area contributed by atoms with E-state index in [4.69, 9.17) is 16.2 Å². The quantitative estimate of drug-likeness (QED) is 0.419. The SMILES string of the molecule is N=C(N)Cc1ncccc1O. The largest absolute Gasteiger partial charge is 0.506 e. The minimum absolute atomic E-state index is 0.000926. The Morgan fingerprint density at radius 3 is 3.00 bits per heavy atom. The Bertz CT molecular complexity index is 272. The zero-order valence-electron chi connectivity index (χ0n) is 5.91. The summed E-state index contributed by atoms with van der Waals surface area (Å²) in [6.07, 6.45) is 1.75. The van der Waals surface area contributed by atoms with Gasteiger partial charge in [-0.3, -0.25) is 10.4 Å². The number of nitrogens with two attached hydrogens (primary N) is 1. The Balaban J connectivity index is 2.86. The average molecular weight is 151 g/mol. The maximum Gasteiger partial charge on any atom is 0.137 e. The first kappa shape index (κ1) is 7.53. The van der Waals surface area contributed by atoms with E-state index in [0.717, 1.165) is 0 Å². The maximum atomic E-state index is 9.14. The van der Waals surface area contributed by atoms with Crippen molar-refractivity contribution in [3.8, 4) is 5.75 Å². The lowest BCUT2D eigenvalue weighted by atomic mass is 10.2. The van der Waals surface area contributed by atoms with Gasteiger partial charge in [-0.1, -0.05) is 0 Å². The third-order valence-corrected chi connectivity index (χ3v) is 1.22. The number of rotatable bonds is 2. The average Bonchev–Trinajstić information content (AvgIpc) is 1.93. The predicted molar refractivity (Wildman–Crippen MR) is 41.5 cm³/mol. The minimum Gasteiger partial charge on any atom is -0.506 e. The summed E-state index contributed by atoms with van der Waals surface area (Å²) in [5.41, 5.74) is 5.57. The second kappa shape index (κ2) is 3.01. The normalized spacial score (nSPS) is 9.45. The molecular formula is C7H9N3O. The molecule has 0 aliphatic carbocycles. The third-order valence-electron chi connectivity index (χ3n) is 1.22. The lowest BCUT2D eigenvalue weighted by molar-refractivity contribution is 0.466. The first-order chi connectivity index (χ1) is 5.20. The number of aromatic hydroxyl groups is 1. The smallest absolute Gasteiger partial charge is 0.137 e. The molecule has 4 heteroatoms. The van der Waals surface area contributed by atoms with E-state index in [9.17, 15) is 0 Å². The molecule has 0 aromatic carbocycles. The molecule has 4 N–H and O–H groups in total. The fourth-order valence-corrected chi connectivity index (χ4v) is 0.746. The Morgan fingerprint density at radius 2 is 2.45 bits per heavy atom. The first-order valence-corrected chi connectivity index (χ1v) is 3.16. The molecule has 0 aliphatic rings. The monoisotopic (exact) mass is 151 g/mol. The van der Waals surface area contributed by atoms with E-state index in [-0.39, 0.29) is 18.0 Å². The van der Waals surface area contributed by atoms with Crippen LogP contribution in [-0.2, 0) is 6.42 Å². The highest BCUT2D eigenvalue weighted by Gasteiger charge is 2.01. The van der Waals surface area contributed by atoms with E-state index in [1.807, 2.05) is 0 Å². The van der Waals surface area contributed by atoms with Crippen molar-refractivity contribution in [2.24, 2.45) is 5.73 Å². The number of nitrogens with one attached hydrogen (secondary N) is 1. The van der Waals surface area contributed by atoms with E-state index in [1.54, 1.807) is 12.3 Å². The van der Waals surface area contributed by atoms with Gasteiger partial charge in [0.2, 0.25) is 0 Å². The summed E-state index contributed by atoms with van der Waals surface area (Å²) in [5, 5.41) is 16.1. The Hall–Kier alpha value is -1.58. The number of pyridine rings is 1. The van der Waals surface area contributed by atoms with Crippen molar-refractivity contribution in [2.45, 2.75) is 6.42 Å². The van der Waals surface area contributed by atoms with Crippen LogP contribution >= 0.6 is 0 Å². The van der Waals surface area contributed by atoms with Gasteiger partial charge in [-0.2, -0.15) is 0 Å². The van der Waals surface area contributed by atoms with E-state index >= 15 is 0 Å². The summed E-state index contributed by atoms with van der Waals surface area (Å²) in [6, 6.07) is 3.14. The third kappa shape index (κ3) is 1.93. The van der Waals surface area contributed by atoms with Crippen molar-refractivity contribution < 1.29 is 5.11 Å². The molecule has 1 aromatic rings. The van der Waals surface area contributed by atoms with Gasteiger partial charge in [0.05, 0.1) is 18.0 Å². The molecule has 4 nitrogen and oxygen atoms in total. The minimum atomic E-state index is -0.000926. The van der Waals surface area contributed by atoms with Gasteiger partial charge in [-0.15, -0.1) is 0 Å². The van der Waals surface area contributed by atoms with Gasteiger partial charge in [0.25, 0.3) is 0 Å². The molecule has 0 atom stereocenters. The molecule has 0 saturated carbocycles. The molecule has 1 heterocycles. The Morgan fingerprint density at radius 1 is 1.73 bits per heavy atom. The van der Waals surface area contributed by atoms with Gasteiger partial charge in [0.15, 0.2) is 0 Å². The van der Waals surface area contributed by atoms with Crippen LogP contribution in [0.25, 0.3) is 0 Å². The second-order valence-corrected chi connectivity index (χ2v) is 2.17. The summed E-state index contributed by atoms with van der Waals surface area (Å²) in [7, 11) is 0. The van der Waals surface area contributed by atoms with Crippen molar-refractivity contribution in [1.29, 1.82) is 5.41 Å². The molecule has 0 bridgehead atoms. The molecule has 0 amide bonds. The van der Waals surface area contributed by atoms with Crippen LogP contribution in [0.15, 0.2) is 18.3 Å². The molecule has 1 aromatic heterocycles. The fraction of sp³-hybridized carbons (Fsp3) is 0.143. The first-order valence-electron chi connectivity index (χ1n) is 3.16. The molecule has 11 heavy (non-hydrogen) atoms. The number of amidine groups is 1. The van der Waals surface area contributed by atoms with Crippen LogP contribution in [0.4, 0.5) is 0 Å². The van der Waals surface area contributed by atoms with Gasteiger partial charge in [-0.05, 0) is 12.1 Å². The molecule has 0 aliphatic heterocycles.